The molecule has 0 bridgehead atoms. The first-order valence-electron chi connectivity index (χ1n) is 10.7. The number of amides is 1. The van der Waals surface area contributed by atoms with Gasteiger partial charge in [-0.2, -0.15) is 5.26 Å². The molecule has 2 fully saturated rings. The lowest BCUT2D eigenvalue weighted by atomic mass is 9.92. The summed E-state index contributed by atoms with van der Waals surface area (Å²) in [5.41, 5.74) is 1.61. The van der Waals surface area contributed by atoms with Gasteiger partial charge in [-0.3, -0.25) is 4.79 Å². The van der Waals surface area contributed by atoms with E-state index in [4.69, 9.17) is 0 Å². The van der Waals surface area contributed by atoms with E-state index in [-0.39, 0.29) is 23.2 Å². The van der Waals surface area contributed by atoms with Crippen molar-refractivity contribution in [3.63, 3.8) is 0 Å². The standard InChI is InChI=1S/C26H25N3O2/c1-24(2,31)20-5-3-4-17(10-20)11-23(30)29-22-13-19-12-21(7-6-18(19)14-28-22)26(16-27)15-25(26)8-9-25/h3-7,10,12-14,31H,8-9,11,15H2,1-2H3,(H,28,29,30). The molecule has 5 rings (SSSR count). The summed E-state index contributed by atoms with van der Waals surface area (Å²) >= 11 is 0. The van der Waals surface area contributed by atoms with Gasteiger partial charge in [0.15, 0.2) is 0 Å². The maximum Gasteiger partial charge on any atom is 0.229 e. The summed E-state index contributed by atoms with van der Waals surface area (Å²) in [5.74, 6) is 0.333. The molecule has 1 unspecified atom stereocenters. The summed E-state index contributed by atoms with van der Waals surface area (Å²) in [7, 11) is 0. The van der Waals surface area contributed by atoms with Crippen LogP contribution in [0.5, 0.6) is 0 Å². The van der Waals surface area contributed by atoms with Crippen molar-refractivity contribution in [1.29, 1.82) is 5.26 Å². The zero-order valence-electron chi connectivity index (χ0n) is 17.8. The monoisotopic (exact) mass is 411 g/mol. The topological polar surface area (TPSA) is 86.0 Å². The zero-order valence-corrected chi connectivity index (χ0v) is 17.8. The molecular formula is C26H25N3O2. The van der Waals surface area contributed by atoms with Crippen LogP contribution in [-0.2, 0) is 22.2 Å². The van der Waals surface area contributed by atoms with E-state index in [1.807, 2.05) is 42.5 Å². The third-order valence-electron chi connectivity index (χ3n) is 6.91. The minimum Gasteiger partial charge on any atom is -0.386 e. The Kier molecular flexibility index (Phi) is 4.22. The highest BCUT2D eigenvalue weighted by Crippen LogP contribution is 2.78. The summed E-state index contributed by atoms with van der Waals surface area (Å²) in [4.78, 5) is 17.0. The van der Waals surface area contributed by atoms with Crippen molar-refractivity contribution in [2.24, 2.45) is 5.41 Å². The fourth-order valence-electron chi connectivity index (χ4n) is 4.76. The molecule has 2 aliphatic carbocycles. The van der Waals surface area contributed by atoms with Gasteiger partial charge in [-0.05, 0) is 72.7 Å². The Balaban J connectivity index is 1.35. The second-order valence-electron chi connectivity index (χ2n) is 9.59. The normalized spacial score (nSPS) is 21.0. The number of nitrogens with one attached hydrogen (secondary N) is 1. The number of nitrogens with zero attached hydrogens (tertiary/aromatic N) is 2. The molecule has 3 aromatic rings. The van der Waals surface area contributed by atoms with Crippen LogP contribution in [0.1, 0.15) is 49.8 Å². The molecule has 1 amide bonds. The third-order valence-corrected chi connectivity index (χ3v) is 6.91. The van der Waals surface area contributed by atoms with E-state index >= 15 is 0 Å². The average molecular weight is 412 g/mol. The van der Waals surface area contributed by atoms with Gasteiger partial charge in [0, 0.05) is 11.6 Å². The molecule has 2 aliphatic rings. The van der Waals surface area contributed by atoms with Crippen molar-refractivity contribution in [3.8, 4) is 6.07 Å². The van der Waals surface area contributed by atoms with Crippen LogP contribution in [0.25, 0.3) is 10.8 Å². The number of aromatic nitrogens is 1. The van der Waals surface area contributed by atoms with Crippen LogP contribution in [0.15, 0.2) is 54.7 Å². The van der Waals surface area contributed by atoms with E-state index in [0.717, 1.165) is 46.7 Å². The van der Waals surface area contributed by atoms with Crippen LogP contribution in [0.3, 0.4) is 0 Å². The predicted molar refractivity (Wildman–Crippen MR) is 119 cm³/mol. The van der Waals surface area contributed by atoms with Gasteiger partial charge >= 0.3 is 0 Å². The minimum absolute atomic E-state index is 0.163. The van der Waals surface area contributed by atoms with E-state index in [0.29, 0.717) is 5.82 Å². The summed E-state index contributed by atoms with van der Waals surface area (Å²) in [5, 5.41) is 24.8. The molecule has 0 saturated heterocycles. The second-order valence-corrected chi connectivity index (χ2v) is 9.59. The fraction of sp³-hybridized carbons (Fsp3) is 0.346. The van der Waals surface area contributed by atoms with Crippen molar-refractivity contribution in [2.75, 3.05) is 5.32 Å². The number of benzene rings is 2. The van der Waals surface area contributed by atoms with Crippen molar-refractivity contribution in [1.82, 2.24) is 4.98 Å². The van der Waals surface area contributed by atoms with Crippen LogP contribution in [0.2, 0.25) is 0 Å². The number of carbonyl (C=O) groups is 1. The van der Waals surface area contributed by atoms with Gasteiger partial charge in [0.05, 0.1) is 23.5 Å². The lowest BCUT2D eigenvalue weighted by Crippen LogP contribution is -2.18. The van der Waals surface area contributed by atoms with E-state index in [1.54, 1.807) is 20.0 Å². The maximum atomic E-state index is 12.6. The Morgan fingerprint density at radius 2 is 2.00 bits per heavy atom. The largest absolute Gasteiger partial charge is 0.386 e. The number of nitriles is 1. The van der Waals surface area contributed by atoms with Gasteiger partial charge in [-0.25, -0.2) is 4.98 Å². The molecular weight excluding hydrogens is 386 g/mol. The van der Waals surface area contributed by atoms with Gasteiger partial charge in [-0.15, -0.1) is 0 Å². The van der Waals surface area contributed by atoms with Gasteiger partial charge in [0.2, 0.25) is 5.91 Å². The number of hydrogen-bond acceptors (Lipinski definition) is 4. The van der Waals surface area contributed by atoms with Crippen LogP contribution in [0.4, 0.5) is 5.82 Å². The molecule has 156 valence electrons. The van der Waals surface area contributed by atoms with E-state index in [9.17, 15) is 15.2 Å². The maximum absolute atomic E-state index is 12.6. The zero-order chi connectivity index (χ0) is 21.9. The van der Waals surface area contributed by atoms with Gasteiger partial charge < -0.3 is 10.4 Å². The molecule has 2 N–H and O–H groups in total. The number of rotatable bonds is 5. The first kappa shape index (κ1) is 19.7. The lowest BCUT2D eigenvalue weighted by molar-refractivity contribution is -0.115. The van der Waals surface area contributed by atoms with Crippen molar-refractivity contribution in [3.05, 3.63) is 71.4 Å². The second kappa shape index (κ2) is 6.63. The predicted octanol–water partition coefficient (Wildman–Crippen LogP) is 4.59. The quantitative estimate of drug-likeness (QED) is 0.643. The van der Waals surface area contributed by atoms with Crippen LogP contribution in [0, 0.1) is 16.7 Å². The highest BCUT2D eigenvalue weighted by atomic mass is 16.3. The number of pyridine rings is 1. The molecule has 31 heavy (non-hydrogen) atoms. The Morgan fingerprint density at radius 3 is 2.68 bits per heavy atom. The highest BCUT2D eigenvalue weighted by Gasteiger charge is 2.75. The highest BCUT2D eigenvalue weighted by molar-refractivity contribution is 5.94. The fourth-order valence-corrected chi connectivity index (χ4v) is 4.76. The van der Waals surface area contributed by atoms with Gasteiger partial charge in [0.1, 0.15) is 5.82 Å². The van der Waals surface area contributed by atoms with E-state index in [2.05, 4.69) is 22.4 Å². The smallest absolute Gasteiger partial charge is 0.229 e. The minimum atomic E-state index is -0.953. The first-order chi connectivity index (χ1) is 14.7. The summed E-state index contributed by atoms with van der Waals surface area (Å²) < 4.78 is 0. The van der Waals surface area contributed by atoms with Crippen molar-refractivity contribution < 1.29 is 9.90 Å². The molecule has 1 spiro atoms. The molecule has 1 atom stereocenters. The van der Waals surface area contributed by atoms with E-state index in [1.165, 1.54) is 0 Å². The van der Waals surface area contributed by atoms with Crippen LogP contribution < -0.4 is 5.32 Å². The summed E-state index contributed by atoms with van der Waals surface area (Å²) in [6.45, 7) is 3.45. The molecule has 2 saturated carbocycles. The average Bonchev–Trinajstić information content (AvgIpc) is 3.65. The molecule has 5 heteroatoms. The Bertz CT molecular complexity index is 1250. The SMILES string of the molecule is CC(C)(O)c1cccc(CC(=O)Nc2cc3cc(C4(C#N)CC45CC5)ccc3cn2)c1. The number of carbonyl (C=O) groups excluding carboxylic acids is 1. The van der Waals surface area contributed by atoms with Crippen LogP contribution >= 0.6 is 0 Å². The van der Waals surface area contributed by atoms with E-state index < -0.39 is 5.60 Å². The third kappa shape index (κ3) is 3.37. The number of anilines is 1. The number of fused-ring (bicyclic) bond motifs is 1. The van der Waals surface area contributed by atoms with Crippen molar-refractivity contribution >= 4 is 22.5 Å². The molecule has 1 heterocycles. The molecule has 5 nitrogen and oxygen atoms in total. The summed E-state index contributed by atoms with van der Waals surface area (Å²) in [6.07, 6.45) is 5.20. The summed E-state index contributed by atoms with van der Waals surface area (Å²) in [6, 6.07) is 18.0. The number of hydrogen-bond donors (Lipinski definition) is 2. The van der Waals surface area contributed by atoms with Crippen LogP contribution in [-0.4, -0.2) is 16.0 Å². The molecule has 1 aromatic heterocycles. The Labute approximate surface area is 181 Å². The molecule has 0 aliphatic heterocycles. The Morgan fingerprint density at radius 1 is 1.19 bits per heavy atom. The Hall–Kier alpha value is -3.23. The first-order valence-corrected chi connectivity index (χ1v) is 10.7. The lowest BCUT2D eigenvalue weighted by Gasteiger charge is -2.18. The molecule has 0 radical (unpaired) electrons. The van der Waals surface area contributed by atoms with Gasteiger partial charge in [-0.1, -0.05) is 36.4 Å². The van der Waals surface area contributed by atoms with Crippen molar-refractivity contribution in [2.45, 2.75) is 50.5 Å². The van der Waals surface area contributed by atoms with Gasteiger partial charge in [0.25, 0.3) is 0 Å². The molecule has 2 aromatic carbocycles. The number of aliphatic hydroxyl groups is 1.